The van der Waals surface area contributed by atoms with E-state index in [9.17, 15) is 13.2 Å². The average Bonchev–Trinajstić information content (AvgIpc) is 3.37. The zero-order valence-corrected chi connectivity index (χ0v) is 18.1. The molecule has 10 heteroatoms. The van der Waals surface area contributed by atoms with Crippen LogP contribution in [0.5, 0.6) is 0 Å². The molecule has 0 radical (unpaired) electrons. The molecule has 0 bridgehead atoms. The van der Waals surface area contributed by atoms with Crippen molar-refractivity contribution in [1.82, 2.24) is 28.9 Å². The lowest BCUT2D eigenvalue weighted by Crippen LogP contribution is -2.21. The van der Waals surface area contributed by atoms with Crippen LogP contribution in [0.3, 0.4) is 0 Å². The fourth-order valence-electron chi connectivity index (χ4n) is 3.76. The van der Waals surface area contributed by atoms with Gasteiger partial charge in [-0.3, -0.25) is 9.48 Å². The largest absolute Gasteiger partial charge is 0.285 e. The Morgan fingerprint density at radius 1 is 0.906 bits per heavy atom. The van der Waals surface area contributed by atoms with E-state index >= 15 is 0 Å². The SMILES string of the molecule is Cc1c(-c2c(S(=O)(=O)c3ccccc3)cnc3ncnn23)c(=O)n(-c2ccccc2)n1C. The first-order valence-electron chi connectivity index (χ1n) is 9.74. The molecule has 9 nitrogen and oxygen atoms in total. The summed E-state index contributed by atoms with van der Waals surface area (Å²) in [5.74, 6) is 0.195. The first-order valence-corrected chi connectivity index (χ1v) is 11.2. The van der Waals surface area contributed by atoms with Crippen LogP contribution in [0.4, 0.5) is 0 Å². The number of para-hydroxylation sites is 1. The smallest absolute Gasteiger partial charge is 0.281 e. The van der Waals surface area contributed by atoms with Gasteiger partial charge in [-0.15, -0.1) is 0 Å². The molecule has 0 spiro atoms. The van der Waals surface area contributed by atoms with Crippen LogP contribution in [-0.4, -0.2) is 37.4 Å². The second-order valence-electron chi connectivity index (χ2n) is 7.20. The number of hydrogen-bond acceptors (Lipinski definition) is 6. The monoisotopic (exact) mass is 446 g/mol. The van der Waals surface area contributed by atoms with Gasteiger partial charge in [0.2, 0.25) is 9.84 Å². The Morgan fingerprint density at radius 3 is 2.25 bits per heavy atom. The molecule has 0 saturated heterocycles. The summed E-state index contributed by atoms with van der Waals surface area (Å²) in [4.78, 5) is 21.9. The molecule has 0 N–H and O–H groups in total. The van der Waals surface area contributed by atoms with Crippen LogP contribution in [0.15, 0.2) is 87.8 Å². The molecule has 3 heterocycles. The molecule has 0 saturated carbocycles. The number of nitrogens with zero attached hydrogens (tertiary/aromatic N) is 6. The summed E-state index contributed by atoms with van der Waals surface area (Å²) in [6.45, 7) is 1.76. The number of aromatic nitrogens is 6. The van der Waals surface area contributed by atoms with Crippen LogP contribution in [-0.2, 0) is 16.9 Å². The van der Waals surface area contributed by atoms with Gasteiger partial charge < -0.3 is 0 Å². The van der Waals surface area contributed by atoms with Crippen LogP contribution in [0, 0.1) is 6.92 Å². The van der Waals surface area contributed by atoms with Crippen molar-refractivity contribution in [2.45, 2.75) is 16.7 Å². The zero-order chi connectivity index (χ0) is 22.5. The number of hydrogen-bond donors (Lipinski definition) is 0. The van der Waals surface area contributed by atoms with Crippen molar-refractivity contribution in [3.05, 3.63) is 89.2 Å². The molecule has 0 fully saturated rings. The molecule has 160 valence electrons. The Labute approximate surface area is 183 Å². The number of benzene rings is 2. The van der Waals surface area contributed by atoms with Gasteiger partial charge in [0.05, 0.1) is 22.3 Å². The summed E-state index contributed by atoms with van der Waals surface area (Å²) in [7, 11) is -2.25. The van der Waals surface area contributed by atoms with Gasteiger partial charge in [-0.25, -0.2) is 18.1 Å². The second kappa shape index (κ2) is 7.27. The minimum absolute atomic E-state index is 0.0967. The summed E-state index contributed by atoms with van der Waals surface area (Å²) in [6.07, 6.45) is 2.51. The summed E-state index contributed by atoms with van der Waals surface area (Å²) < 4.78 is 31.6. The van der Waals surface area contributed by atoms with E-state index in [0.717, 1.165) is 0 Å². The quantitative estimate of drug-likeness (QED) is 0.420. The van der Waals surface area contributed by atoms with Crippen molar-refractivity contribution in [3.63, 3.8) is 0 Å². The maximum atomic E-state index is 13.7. The van der Waals surface area contributed by atoms with E-state index in [1.54, 1.807) is 36.9 Å². The van der Waals surface area contributed by atoms with E-state index in [0.29, 0.717) is 11.4 Å². The lowest BCUT2D eigenvalue weighted by Gasteiger charge is -2.11. The number of rotatable bonds is 4. The van der Waals surface area contributed by atoms with Crippen LogP contribution >= 0.6 is 0 Å². The number of fused-ring (bicyclic) bond motifs is 1. The van der Waals surface area contributed by atoms with Crippen molar-refractivity contribution in [2.24, 2.45) is 7.05 Å². The average molecular weight is 446 g/mol. The van der Waals surface area contributed by atoms with Gasteiger partial charge in [0, 0.05) is 12.7 Å². The van der Waals surface area contributed by atoms with Crippen LogP contribution in [0.2, 0.25) is 0 Å². The first kappa shape index (κ1) is 19.9. The Balaban J connectivity index is 1.88. The Hall–Kier alpha value is -4.05. The summed E-state index contributed by atoms with van der Waals surface area (Å²) in [5, 5.41) is 4.18. The molecule has 5 rings (SSSR count). The van der Waals surface area contributed by atoms with Crippen molar-refractivity contribution in [1.29, 1.82) is 0 Å². The van der Waals surface area contributed by atoms with Gasteiger partial charge in [0.1, 0.15) is 16.9 Å². The van der Waals surface area contributed by atoms with E-state index in [4.69, 9.17) is 0 Å². The molecule has 0 aliphatic heterocycles. The highest BCUT2D eigenvalue weighted by Gasteiger charge is 2.30. The van der Waals surface area contributed by atoms with Gasteiger partial charge in [0.15, 0.2) is 0 Å². The van der Waals surface area contributed by atoms with Crippen LogP contribution < -0.4 is 5.56 Å². The van der Waals surface area contributed by atoms with Crippen molar-refractivity contribution < 1.29 is 8.42 Å². The Bertz CT molecular complexity index is 1620. The maximum absolute atomic E-state index is 13.7. The summed E-state index contributed by atoms with van der Waals surface area (Å²) >= 11 is 0. The molecule has 0 aliphatic rings. The van der Waals surface area contributed by atoms with Gasteiger partial charge in [0.25, 0.3) is 11.3 Å². The van der Waals surface area contributed by atoms with Crippen molar-refractivity contribution in [2.75, 3.05) is 0 Å². The van der Waals surface area contributed by atoms with E-state index in [1.165, 1.54) is 33.9 Å². The second-order valence-corrected chi connectivity index (χ2v) is 9.11. The molecule has 3 aromatic heterocycles. The molecule has 0 amide bonds. The third-order valence-corrected chi connectivity index (χ3v) is 7.18. The maximum Gasteiger partial charge on any atom is 0.281 e. The Morgan fingerprint density at radius 2 is 1.56 bits per heavy atom. The summed E-state index contributed by atoms with van der Waals surface area (Å²) in [5.41, 5.74) is 1.20. The third kappa shape index (κ3) is 2.88. The Kier molecular flexibility index (Phi) is 4.52. The number of sulfone groups is 1. The first-order chi connectivity index (χ1) is 15.4. The van der Waals surface area contributed by atoms with Crippen LogP contribution in [0.25, 0.3) is 22.7 Å². The molecular weight excluding hydrogens is 428 g/mol. The van der Waals surface area contributed by atoms with E-state index < -0.39 is 9.84 Å². The highest BCUT2D eigenvalue weighted by atomic mass is 32.2. The predicted molar refractivity (Wildman–Crippen MR) is 117 cm³/mol. The minimum Gasteiger partial charge on any atom is -0.285 e. The normalized spacial score (nSPS) is 11.8. The predicted octanol–water partition coefficient (Wildman–Crippen LogP) is 2.42. The summed E-state index contributed by atoms with van der Waals surface area (Å²) in [6, 6.07) is 17.2. The fourth-order valence-corrected chi connectivity index (χ4v) is 5.16. The van der Waals surface area contributed by atoms with Crippen LogP contribution in [0.1, 0.15) is 5.69 Å². The lowest BCUT2D eigenvalue weighted by atomic mass is 10.2. The standard InChI is InChI=1S/C22H18N6O3S/c1-15-19(21(29)28(26(15)2)16-9-5-3-6-10-16)20-18(13-23-22-24-14-25-27(20)22)32(30,31)17-11-7-4-8-12-17/h3-14H,1-2H3. The molecule has 0 aliphatic carbocycles. The lowest BCUT2D eigenvalue weighted by molar-refractivity contribution is 0.595. The van der Waals surface area contributed by atoms with E-state index in [2.05, 4.69) is 15.1 Å². The van der Waals surface area contributed by atoms with Crippen molar-refractivity contribution >= 4 is 15.6 Å². The van der Waals surface area contributed by atoms with Gasteiger partial charge in [-0.2, -0.15) is 14.6 Å². The highest BCUT2D eigenvalue weighted by molar-refractivity contribution is 7.91. The molecule has 0 atom stereocenters. The van der Waals surface area contributed by atoms with Gasteiger partial charge in [-0.1, -0.05) is 36.4 Å². The zero-order valence-electron chi connectivity index (χ0n) is 17.2. The fraction of sp³-hybridized carbons (Fsp3) is 0.0909. The van der Waals surface area contributed by atoms with Crippen molar-refractivity contribution in [3.8, 4) is 16.9 Å². The highest BCUT2D eigenvalue weighted by Crippen LogP contribution is 2.31. The minimum atomic E-state index is -4.00. The topological polar surface area (TPSA) is 104 Å². The third-order valence-electron chi connectivity index (χ3n) is 5.41. The van der Waals surface area contributed by atoms with Gasteiger partial charge >= 0.3 is 0 Å². The molecule has 5 aromatic rings. The molecule has 32 heavy (non-hydrogen) atoms. The van der Waals surface area contributed by atoms with E-state index in [1.807, 2.05) is 30.3 Å². The van der Waals surface area contributed by atoms with Gasteiger partial charge in [-0.05, 0) is 31.2 Å². The molecular formula is C22H18N6O3S. The van der Waals surface area contributed by atoms with E-state index in [-0.39, 0.29) is 32.4 Å². The molecule has 0 unspecified atom stereocenters. The molecule has 2 aromatic carbocycles.